The van der Waals surface area contributed by atoms with Crippen molar-refractivity contribution in [3.05, 3.63) is 12.2 Å². The van der Waals surface area contributed by atoms with Crippen LogP contribution >= 0.6 is 0 Å². The molecule has 3 nitrogen and oxygen atoms in total. The van der Waals surface area contributed by atoms with E-state index in [0.29, 0.717) is 11.8 Å². The zero-order chi connectivity index (χ0) is 15.7. The van der Waals surface area contributed by atoms with E-state index in [4.69, 9.17) is 0 Å². The number of unbranched alkanes of at least 4 members (excludes halogenated alkanes) is 4. The van der Waals surface area contributed by atoms with Crippen LogP contribution in [0.15, 0.2) is 12.2 Å². The first-order valence-electron chi connectivity index (χ1n) is 9.24. The van der Waals surface area contributed by atoms with Gasteiger partial charge in [0.15, 0.2) is 0 Å². The maximum absolute atomic E-state index is 12.8. The number of rotatable bonds is 8. The highest BCUT2D eigenvalue weighted by molar-refractivity contribution is 6.06. The Balaban J connectivity index is 1.61. The van der Waals surface area contributed by atoms with Crippen LogP contribution in [-0.4, -0.2) is 22.8 Å². The second-order valence-corrected chi connectivity index (χ2v) is 7.31. The minimum atomic E-state index is -0.0309. The molecule has 1 heterocycles. The van der Waals surface area contributed by atoms with Gasteiger partial charge in [0.05, 0.1) is 11.8 Å². The average molecular weight is 303 g/mol. The lowest BCUT2D eigenvalue weighted by atomic mass is 9.85. The van der Waals surface area contributed by atoms with Crippen LogP contribution in [0, 0.1) is 23.7 Å². The molecule has 3 rings (SSSR count). The van der Waals surface area contributed by atoms with Crippen molar-refractivity contribution in [3.63, 3.8) is 0 Å². The molecule has 0 aromatic heterocycles. The summed E-state index contributed by atoms with van der Waals surface area (Å²) in [5.74, 6) is 0.866. The number of amides is 2. The maximum atomic E-state index is 12.8. The predicted octanol–water partition coefficient (Wildman–Crippen LogP) is 3.93. The van der Waals surface area contributed by atoms with Crippen LogP contribution in [0.5, 0.6) is 0 Å². The van der Waals surface area contributed by atoms with E-state index in [2.05, 4.69) is 26.0 Å². The molecule has 0 N–H and O–H groups in total. The number of likely N-dealkylation sites (tertiary alicyclic amines) is 1. The van der Waals surface area contributed by atoms with Gasteiger partial charge in [-0.1, -0.05) is 58.1 Å². The van der Waals surface area contributed by atoms with Crippen LogP contribution in [-0.2, 0) is 9.59 Å². The van der Waals surface area contributed by atoms with Crippen molar-refractivity contribution in [2.75, 3.05) is 0 Å². The fourth-order valence-corrected chi connectivity index (χ4v) is 4.78. The largest absolute Gasteiger partial charge is 0.279 e. The Morgan fingerprint density at radius 1 is 1.00 bits per heavy atom. The minimum Gasteiger partial charge on any atom is -0.279 e. The van der Waals surface area contributed by atoms with Crippen LogP contribution < -0.4 is 0 Å². The van der Waals surface area contributed by atoms with Crippen molar-refractivity contribution in [1.29, 1.82) is 0 Å². The molecule has 5 atom stereocenters. The molecule has 3 aliphatic rings. The highest BCUT2D eigenvalue weighted by Gasteiger charge is 2.60. The predicted molar refractivity (Wildman–Crippen MR) is 87.0 cm³/mol. The number of hydrogen-bond acceptors (Lipinski definition) is 2. The number of imide groups is 1. The van der Waals surface area contributed by atoms with E-state index in [1.807, 2.05) is 0 Å². The lowest BCUT2D eigenvalue weighted by Crippen LogP contribution is -2.41. The average Bonchev–Trinajstić information content (AvgIpc) is 3.19. The zero-order valence-electron chi connectivity index (χ0n) is 14.0. The molecule has 122 valence electrons. The quantitative estimate of drug-likeness (QED) is 0.387. The monoisotopic (exact) mass is 303 g/mol. The summed E-state index contributed by atoms with van der Waals surface area (Å²) in [5.41, 5.74) is 0. The Kier molecular flexibility index (Phi) is 4.70. The van der Waals surface area contributed by atoms with Gasteiger partial charge in [-0.3, -0.25) is 14.5 Å². The molecule has 1 saturated heterocycles. The Labute approximate surface area is 134 Å². The van der Waals surface area contributed by atoms with Gasteiger partial charge < -0.3 is 0 Å². The summed E-state index contributed by atoms with van der Waals surface area (Å²) < 4.78 is 0. The van der Waals surface area contributed by atoms with E-state index in [1.165, 1.54) is 25.7 Å². The number of nitrogens with zero attached hydrogens (tertiary/aromatic N) is 1. The Hall–Kier alpha value is -1.12. The molecule has 0 aromatic rings. The molecule has 22 heavy (non-hydrogen) atoms. The molecule has 2 aliphatic carbocycles. The fraction of sp³-hybridized carbons (Fsp3) is 0.789. The number of carbonyl (C=O) groups excluding carboxylic acids is 2. The standard InChI is InChI=1S/C19H29NO2/c1-3-5-6-7-8-9-15(4-2)20-18(21)16-13-10-11-14(12-13)17(16)19(20)22/h10-11,13-17H,3-9,12H2,1-2H3. The van der Waals surface area contributed by atoms with E-state index >= 15 is 0 Å². The Bertz CT molecular complexity index is 440. The van der Waals surface area contributed by atoms with Gasteiger partial charge in [-0.25, -0.2) is 0 Å². The van der Waals surface area contributed by atoms with Crippen LogP contribution in [0.3, 0.4) is 0 Å². The lowest BCUT2D eigenvalue weighted by molar-refractivity contribution is -0.143. The molecule has 0 radical (unpaired) electrons. The number of fused-ring (bicyclic) bond motifs is 5. The summed E-state index contributed by atoms with van der Waals surface area (Å²) in [5, 5.41) is 0. The summed E-state index contributed by atoms with van der Waals surface area (Å²) in [6.07, 6.45) is 13.4. The van der Waals surface area contributed by atoms with E-state index in [0.717, 1.165) is 25.7 Å². The Morgan fingerprint density at radius 2 is 1.59 bits per heavy atom. The van der Waals surface area contributed by atoms with E-state index < -0.39 is 0 Å². The third-order valence-electron chi connectivity index (χ3n) is 5.98. The topological polar surface area (TPSA) is 37.4 Å². The SMILES string of the molecule is CCCCCCCC(CC)N1C(=O)C2C3C=CC(C3)C2C1=O. The maximum Gasteiger partial charge on any atom is 0.233 e. The Morgan fingerprint density at radius 3 is 2.14 bits per heavy atom. The first kappa shape index (κ1) is 15.8. The van der Waals surface area contributed by atoms with Gasteiger partial charge in [0.2, 0.25) is 11.8 Å². The van der Waals surface area contributed by atoms with Crippen molar-refractivity contribution in [3.8, 4) is 0 Å². The van der Waals surface area contributed by atoms with Gasteiger partial charge in [0.25, 0.3) is 0 Å². The summed E-state index contributed by atoms with van der Waals surface area (Å²) in [4.78, 5) is 27.3. The van der Waals surface area contributed by atoms with Gasteiger partial charge in [0, 0.05) is 6.04 Å². The molecule has 1 saturated carbocycles. The second-order valence-electron chi connectivity index (χ2n) is 7.31. The summed E-state index contributed by atoms with van der Waals surface area (Å²) in [6, 6.07) is 0.131. The lowest BCUT2D eigenvalue weighted by Gasteiger charge is -2.27. The van der Waals surface area contributed by atoms with Gasteiger partial charge in [-0.05, 0) is 31.1 Å². The molecular weight excluding hydrogens is 274 g/mol. The summed E-state index contributed by atoms with van der Waals surface area (Å²) in [6.45, 7) is 4.33. The van der Waals surface area contributed by atoms with E-state index in [1.54, 1.807) is 4.90 Å². The van der Waals surface area contributed by atoms with Crippen molar-refractivity contribution < 1.29 is 9.59 Å². The molecule has 3 heteroatoms. The van der Waals surface area contributed by atoms with Crippen LogP contribution in [0.4, 0.5) is 0 Å². The molecule has 5 unspecified atom stereocenters. The van der Waals surface area contributed by atoms with Crippen LogP contribution in [0.2, 0.25) is 0 Å². The van der Waals surface area contributed by atoms with Crippen molar-refractivity contribution in [2.24, 2.45) is 23.7 Å². The second kappa shape index (κ2) is 6.55. The highest BCUT2D eigenvalue weighted by Crippen LogP contribution is 2.53. The molecule has 2 bridgehead atoms. The number of hydrogen-bond donors (Lipinski definition) is 0. The van der Waals surface area contributed by atoms with Crippen LogP contribution in [0.1, 0.15) is 65.2 Å². The molecular formula is C19H29NO2. The van der Waals surface area contributed by atoms with Crippen LogP contribution in [0.25, 0.3) is 0 Å². The summed E-state index contributed by atoms with van der Waals surface area (Å²) >= 11 is 0. The molecule has 2 amide bonds. The van der Waals surface area contributed by atoms with E-state index in [9.17, 15) is 9.59 Å². The van der Waals surface area contributed by atoms with Gasteiger partial charge >= 0.3 is 0 Å². The first-order valence-corrected chi connectivity index (χ1v) is 9.24. The highest BCUT2D eigenvalue weighted by atomic mass is 16.2. The van der Waals surface area contributed by atoms with Gasteiger partial charge in [-0.2, -0.15) is 0 Å². The zero-order valence-corrected chi connectivity index (χ0v) is 14.0. The van der Waals surface area contributed by atoms with Crippen molar-refractivity contribution in [2.45, 2.75) is 71.3 Å². The third-order valence-corrected chi connectivity index (χ3v) is 5.98. The van der Waals surface area contributed by atoms with Gasteiger partial charge in [-0.15, -0.1) is 0 Å². The minimum absolute atomic E-state index is 0.0309. The molecule has 1 aliphatic heterocycles. The molecule has 0 aromatic carbocycles. The van der Waals surface area contributed by atoms with Crippen molar-refractivity contribution in [1.82, 2.24) is 4.90 Å². The van der Waals surface area contributed by atoms with Crippen molar-refractivity contribution >= 4 is 11.8 Å². The van der Waals surface area contributed by atoms with E-state index in [-0.39, 0.29) is 29.7 Å². The summed E-state index contributed by atoms with van der Waals surface area (Å²) in [7, 11) is 0. The normalized spacial score (nSPS) is 33.8. The van der Waals surface area contributed by atoms with Gasteiger partial charge in [0.1, 0.15) is 0 Å². The third kappa shape index (κ3) is 2.53. The smallest absolute Gasteiger partial charge is 0.233 e. The molecule has 0 spiro atoms. The number of carbonyl (C=O) groups is 2. The number of allylic oxidation sites excluding steroid dienone is 2. The first-order chi connectivity index (χ1) is 10.7. The fourth-order valence-electron chi connectivity index (χ4n) is 4.78. The molecule has 2 fully saturated rings.